The van der Waals surface area contributed by atoms with Gasteiger partial charge < -0.3 is 16.2 Å². The van der Waals surface area contributed by atoms with E-state index in [1.807, 2.05) is 6.92 Å². The Morgan fingerprint density at radius 3 is 2.63 bits per heavy atom. The van der Waals surface area contributed by atoms with Gasteiger partial charge in [-0.1, -0.05) is 0 Å². The van der Waals surface area contributed by atoms with Crippen molar-refractivity contribution in [2.75, 3.05) is 11.1 Å². The molecule has 0 aliphatic carbocycles. The number of anilines is 2. The summed E-state index contributed by atoms with van der Waals surface area (Å²) in [5, 5.41) is 12.0. The second-order valence-electron chi connectivity index (χ2n) is 4.38. The molecule has 0 spiro atoms. The van der Waals surface area contributed by atoms with E-state index in [4.69, 9.17) is 5.73 Å². The van der Waals surface area contributed by atoms with Crippen LogP contribution in [0, 0.1) is 13.8 Å². The molecule has 0 unspecified atom stereocenters. The van der Waals surface area contributed by atoms with Gasteiger partial charge in [0, 0.05) is 5.56 Å². The van der Waals surface area contributed by atoms with Crippen LogP contribution < -0.4 is 11.1 Å². The summed E-state index contributed by atoms with van der Waals surface area (Å²) in [6.07, 6.45) is 1.51. The third kappa shape index (κ3) is 2.82. The molecule has 0 bridgehead atoms. The second kappa shape index (κ2) is 4.97. The van der Waals surface area contributed by atoms with E-state index in [1.54, 1.807) is 19.1 Å². The Labute approximate surface area is 111 Å². The first-order valence-corrected chi connectivity index (χ1v) is 5.80. The van der Waals surface area contributed by atoms with Crippen LogP contribution in [0.15, 0.2) is 30.5 Å². The molecule has 0 fully saturated rings. The quantitative estimate of drug-likeness (QED) is 0.769. The molecule has 0 atom stereocenters. The molecule has 1 heterocycles. The topological polar surface area (TPSA) is 88.2 Å². The van der Waals surface area contributed by atoms with Crippen LogP contribution in [0.1, 0.15) is 21.5 Å². The number of carbonyl (C=O) groups is 1. The summed E-state index contributed by atoms with van der Waals surface area (Å²) in [5.74, 6) is 0.314. The molecule has 19 heavy (non-hydrogen) atoms. The van der Waals surface area contributed by atoms with Crippen LogP contribution >= 0.6 is 0 Å². The number of nitrogens with two attached hydrogens (primary N) is 1. The van der Waals surface area contributed by atoms with Gasteiger partial charge in [0.2, 0.25) is 0 Å². The summed E-state index contributed by atoms with van der Waals surface area (Å²) >= 11 is 0. The number of aryl methyl sites for hydroxylation is 2. The first-order chi connectivity index (χ1) is 8.97. The number of carbonyl (C=O) groups excluding carboxylic acids is 1. The molecule has 5 nitrogen and oxygen atoms in total. The molecule has 1 aromatic heterocycles. The minimum Gasteiger partial charge on any atom is -0.508 e. The molecular weight excluding hydrogens is 242 g/mol. The van der Waals surface area contributed by atoms with E-state index in [-0.39, 0.29) is 11.7 Å². The summed E-state index contributed by atoms with van der Waals surface area (Å²) in [4.78, 5) is 16.1. The van der Waals surface area contributed by atoms with Crippen LogP contribution in [0.25, 0.3) is 0 Å². The molecule has 1 aromatic carbocycles. The summed E-state index contributed by atoms with van der Waals surface area (Å²) in [6, 6.07) is 6.30. The molecule has 2 rings (SSSR count). The molecule has 0 saturated heterocycles. The van der Waals surface area contributed by atoms with E-state index < -0.39 is 0 Å². The molecule has 98 valence electrons. The van der Waals surface area contributed by atoms with Gasteiger partial charge >= 0.3 is 0 Å². The van der Waals surface area contributed by atoms with Gasteiger partial charge in [-0.15, -0.1) is 0 Å². The maximum Gasteiger partial charge on any atom is 0.257 e. The van der Waals surface area contributed by atoms with Crippen LogP contribution in [0.4, 0.5) is 11.5 Å². The summed E-state index contributed by atoms with van der Waals surface area (Å²) in [5.41, 5.74) is 8.30. The Kier molecular flexibility index (Phi) is 3.37. The number of nitrogens with zero attached hydrogens (tertiary/aromatic N) is 1. The zero-order valence-electron chi connectivity index (χ0n) is 10.8. The highest BCUT2D eigenvalue weighted by Crippen LogP contribution is 2.18. The van der Waals surface area contributed by atoms with E-state index in [1.165, 1.54) is 18.3 Å². The fourth-order valence-electron chi connectivity index (χ4n) is 1.72. The molecule has 0 aliphatic heterocycles. The predicted octanol–water partition coefficient (Wildman–Crippen LogP) is 2.24. The lowest BCUT2D eigenvalue weighted by molar-refractivity contribution is 0.102. The standard InChI is InChI=1S/C14H15N3O2/c1-8-5-10(18)3-4-11(8)14(19)17-13-6-9(2)12(15)7-16-13/h3-7,18H,15H2,1-2H3,(H,16,17,19). The number of phenols is 1. The lowest BCUT2D eigenvalue weighted by atomic mass is 10.1. The monoisotopic (exact) mass is 257 g/mol. The van der Waals surface area contributed by atoms with Gasteiger partial charge in [0.25, 0.3) is 5.91 Å². The maximum atomic E-state index is 12.1. The molecule has 4 N–H and O–H groups in total. The number of hydrogen-bond donors (Lipinski definition) is 3. The number of amides is 1. The van der Waals surface area contributed by atoms with E-state index in [9.17, 15) is 9.90 Å². The Balaban J connectivity index is 2.23. The molecule has 2 aromatic rings. The van der Waals surface area contributed by atoms with E-state index >= 15 is 0 Å². The van der Waals surface area contributed by atoms with Crippen LogP contribution in [-0.2, 0) is 0 Å². The Morgan fingerprint density at radius 1 is 1.26 bits per heavy atom. The Hall–Kier alpha value is -2.56. The average molecular weight is 257 g/mol. The molecular formula is C14H15N3O2. The number of aromatic nitrogens is 1. The number of hydrogen-bond acceptors (Lipinski definition) is 4. The minimum absolute atomic E-state index is 0.135. The number of aromatic hydroxyl groups is 1. The van der Waals surface area contributed by atoms with Crippen LogP contribution in [0.3, 0.4) is 0 Å². The van der Waals surface area contributed by atoms with Crippen molar-refractivity contribution < 1.29 is 9.90 Å². The molecule has 0 radical (unpaired) electrons. The van der Waals surface area contributed by atoms with Crippen molar-refractivity contribution in [3.8, 4) is 5.75 Å². The van der Waals surface area contributed by atoms with Crippen LogP contribution in [0.2, 0.25) is 0 Å². The molecule has 5 heteroatoms. The third-order valence-electron chi connectivity index (χ3n) is 2.85. The maximum absolute atomic E-state index is 12.1. The van der Waals surface area contributed by atoms with Gasteiger partial charge in [0.15, 0.2) is 0 Å². The number of nitrogen functional groups attached to an aromatic ring is 1. The van der Waals surface area contributed by atoms with Gasteiger partial charge in [-0.3, -0.25) is 4.79 Å². The van der Waals surface area contributed by atoms with Crippen molar-refractivity contribution in [2.24, 2.45) is 0 Å². The Morgan fingerprint density at radius 2 is 2.00 bits per heavy atom. The van der Waals surface area contributed by atoms with Gasteiger partial charge in [-0.25, -0.2) is 4.98 Å². The number of pyridine rings is 1. The second-order valence-corrected chi connectivity index (χ2v) is 4.38. The minimum atomic E-state index is -0.269. The third-order valence-corrected chi connectivity index (χ3v) is 2.85. The van der Waals surface area contributed by atoms with Crippen LogP contribution in [0.5, 0.6) is 5.75 Å². The number of phenolic OH excluding ortho intramolecular Hbond substituents is 1. The average Bonchev–Trinajstić information content (AvgIpc) is 2.33. The molecule has 0 aliphatic rings. The summed E-state index contributed by atoms with van der Waals surface area (Å²) < 4.78 is 0. The highest BCUT2D eigenvalue weighted by Gasteiger charge is 2.10. The van der Waals surface area contributed by atoms with Crippen molar-refractivity contribution in [3.63, 3.8) is 0 Å². The zero-order valence-corrected chi connectivity index (χ0v) is 10.8. The van der Waals surface area contributed by atoms with E-state index in [2.05, 4.69) is 10.3 Å². The lowest BCUT2D eigenvalue weighted by Gasteiger charge is -2.08. The van der Waals surface area contributed by atoms with Gasteiger partial charge in [0.1, 0.15) is 11.6 Å². The van der Waals surface area contributed by atoms with E-state index in [0.717, 1.165) is 5.56 Å². The van der Waals surface area contributed by atoms with E-state index in [0.29, 0.717) is 22.6 Å². The van der Waals surface area contributed by atoms with Crippen molar-refractivity contribution in [3.05, 3.63) is 47.2 Å². The van der Waals surface area contributed by atoms with Crippen molar-refractivity contribution >= 4 is 17.4 Å². The normalized spacial score (nSPS) is 10.2. The summed E-state index contributed by atoms with van der Waals surface area (Å²) in [6.45, 7) is 3.61. The highest BCUT2D eigenvalue weighted by atomic mass is 16.3. The molecule has 0 saturated carbocycles. The summed E-state index contributed by atoms with van der Waals surface area (Å²) in [7, 11) is 0. The van der Waals surface area contributed by atoms with Crippen LogP contribution in [-0.4, -0.2) is 16.0 Å². The van der Waals surface area contributed by atoms with Crippen molar-refractivity contribution in [1.82, 2.24) is 4.98 Å². The highest BCUT2D eigenvalue weighted by molar-refractivity contribution is 6.04. The number of rotatable bonds is 2. The first-order valence-electron chi connectivity index (χ1n) is 5.80. The Bertz CT molecular complexity index is 639. The largest absolute Gasteiger partial charge is 0.508 e. The van der Waals surface area contributed by atoms with Gasteiger partial charge in [-0.2, -0.15) is 0 Å². The fourth-order valence-corrected chi connectivity index (χ4v) is 1.72. The smallest absolute Gasteiger partial charge is 0.257 e. The fraction of sp³-hybridized carbons (Fsp3) is 0.143. The lowest BCUT2D eigenvalue weighted by Crippen LogP contribution is -2.14. The number of nitrogens with one attached hydrogen (secondary N) is 1. The predicted molar refractivity (Wildman–Crippen MR) is 74.2 cm³/mol. The van der Waals surface area contributed by atoms with Crippen molar-refractivity contribution in [1.29, 1.82) is 0 Å². The van der Waals surface area contributed by atoms with Crippen molar-refractivity contribution in [2.45, 2.75) is 13.8 Å². The van der Waals surface area contributed by atoms with Gasteiger partial charge in [0.05, 0.1) is 11.9 Å². The molecule has 1 amide bonds. The first kappa shape index (κ1) is 12.9. The SMILES string of the molecule is Cc1cc(NC(=O)c2ccc(O)cc2C)ncc1N. The number of benzene rings is 1. The van der Waals surface area contributed by atoms with Gasteiger partial charge in [-0.05, 0) is 49.2 Å². The zero-order chi connectivity index (χ0) is 14.0.